The molecule has 0 saturated heterocycles. The van der Waals surface area contributed by atoms with E-state index in [1.807, 2.05) is 0 Å². The third kappa shape index (κ3) is 2.91. The molecule has 0 fully saturated rings. The lowest BCUT2D eigenvalue weighted by Gasteiger charge is -2.12. The predicted molar refractivity (Wildman–Crippen MR) is 64.5 cm³/mol. The molecule has 0 amide bonds. The molecular weight excluding hydrogens is 243 g/mol. The van der Waals surface area contributed by atoms with E-state index >= 15 is 0 Å². The van der Waals surface area contributed by atoms with Crippen LogP contribution in [-0.2, 0) is 9.84 Å². The van der Waals surface area contributed by atoms with Gasteiger partial charge in [0.1, 0.15) is 11.1 Å². The van der Waals surface area contributed by atoms with Crippen molar-refractivity contribution in [1.82, 2.24) is 0 Å². The molecule has 0 spiro atoms. The molecule has 0 heterocycles. The van der Waals surface area contributed by atoms with Crippen molar-refractivity contribution in [1.29, 1.82) is 0 Å². The number of carbonyl (C=O) groups is 1. The van der Waals surface area contributed by atoms with Gasteiger partial charge in [-0.3, -0.25) is 4.79 Å². The van der Waals surface area contributed by atoms with Crippen molar-refractivity contribution >= 4 is 15.6 Å². The standard InChI is InChI=1S/C12H15FO3S/c1-7-5-8(2)11(10(13)6-7)12(14)9(3)17(4,15)16/h5-6,9H,1-4H3. The van der Waals surface area contributed by atoms with Gasteiger partial charge in [-0.25, -0.2) is 12.8 Å². The Hall–Kier alpha value is -1.23. The maximum absolute atomic E-state index is 13.7. The quantitative estimate of drug-likeness (QED) is 0.780. The van der Waals surface area contributed by atoms with Crippen LogP contribution in [0.4, 0.5) is 4.39 Å². The molecule has 0 aliphatic carbocycles. The summed E-state index contributed by atoms with van der Waals surface area (Å²) in [6.07, 6.45) is 0.969. The molecule has 0 N–H and O–H groups in total. The monoisotopic (exact) mass is 258 g/mol. The van der Waals surface area contributed by atoms with Gasteiger partial charge < -0.3 is 0 Å². The normalized spacial score (nSPS) is 13.5. The molecule has 0 radical (unpaired) electrons. The molecule has 0 saturated carbocycles. The zero-order valence-corrected chi connectivity index (χ0v) is 11.1. The van der Waals surface area contributed by atoms with E-state index in [0.717, 1.165) is 6.26 Å². The van der Waals surface area contributed by atoms with E-state index in [4.69, 9.17) is 0 Å². The van der Waals surface area contributed by atoms with E-state index in [1.165, 1.54) is 13.0 Å². The van der Waals surface area contributed by atoms with E-state index in [-0.39, 0.29) is 5.56 Å². The van der Waals surface area contributed by atoms with Gasteiger partial charge >= 0.3 is 0 Å². The van der Waals surface area contributed by atoms with Crippen molar-refractivity contribution in [2.75, 3.05) is 6.26 Å². The zero-order valence-electron chi connectivity index (χ0n) is 10.2. The van der Waals surface area contributed by atoms with Crippen LogP contribution in [0.2, 0.25) is 0 Å². The first-order valence-corrected chi connectivity index (χ1v) is 7.10. The highest BCUT2D eigenvalue weighted by Gasteiger charge is 2.28. The number of sulfone groups is 1. The van der Waals surface area contributed by atoms with Gasteiger partial charge in [0.05, 0.1) is 5.56 Å². The summed E-state index contributed by atoms with van der Waals surface area (Å²) in [5.74, 6) is -1.36. The summed E-state index contributed by atoms with van der Waals surface area (Å²) in [6.45, 7) is 4.58. The Morgan fingerprint density at radius 3 is 2.24 bits per heavy atom. The van der Waals surface area contributed by atoms with Crippen LogP contribution in [0.5, 0.6) is 0 Å². The van der Waals surface area contributed by atoms with Crippen LogP contribution in [-0.4, -0.2) is 25.7 Å². The summed E-state index contributed by atoms with van der Waals surface area (Å²) >= 11 is 0. The molecular formula is C12H15FO3S. The van der Waals surface area contributed by atoms with Crippen molar-refractivity contribution in [2.24, 2.45) is 0 Å². The smallest absolute Gasteiger partial charge is 0.183 e. The van der Waals surface area contributed by atoms with E-state index in [2.05, 4.69) is 0 Å². The second-order valence-electron chi connectivity index (χ2n) is 4.27. The lowest BCUT2D eigenvalue weighted by atomic mass is 10.00. The highest BCUT2D eigenvalue weighted by molar-refractivity contribution is 7.92. The number of halogens is 1. The van der Waals surface area contributed by atoms with Crippen LogP contribution < -0.4 is 0 Å². The lowest BCUT2D eigenvalue weighted by Crippen LogP contribution is -2.27. The van der Waals surface area contributed by atoms with E-state index in [1.54, 1.807) is 19.9 Å². The molecule has 0 aliphatic heterocycles. The Morgan fingerprint density at radius 1 is 1.29 bits per heavy atom. The van der Waals surface area contributed by atoms with Gasteiger partial charge in [0.25, 0.3) is 0 Å². The number of aryl methyl sites for hydroxylation is 2. The van der Waals surface area contributed by atoms with Crippen molar-refractivity contribution in [2.45, 2.75) is 26.0 Å². The van der Waals surface area contributed by atoms with Gasteiger partial charge in [0.15, 0.2) is 15.6 Å². The molecule has 3 nitrogen and oxygen atoms in total. The second kappa shape index (κ2) is 4.56. The Labute approximate surface area is 101 Å². The molecule has 0 aromatic heterocycles. The van der Waals surface area contributed by atoms with Crippen LogP contribution >= 0.6 is 0 Å². The van der Waals surface area contributed by atoms with Gasteiger partial charge in [-0.15, -0.1) is 0 Å². The minimum Gasteiger partial charge on any atom is -0.293 e. The van der Waals surface area contributed by atoms with Gasteiger partial charge in [0, 0.05) is 6.26 Å². The number of rotatable bonds is 3. The predicted octanol–water partition coefficient (Wildman–Crippen LogP) is 2.06. The SMILES string of the molecule is Cc1cc(C)c(C(=O)C(C)S(C)(=O)=O)c(F)c1. The number of hydrogen-bond acceptors (Lipinski definition) is 3. The third-order valence-corrected chi connectivity index (χ3v) is 4.19. The van der Waals surface area contributed by atoms with E-state index in [0.29, 0.717) is 11.1 Å². The highest BCUT2D eigenvalue weighted by atomic mass is 32.2. The average molecular weight is 258 g/mol. The summed E-state index contributed by atoms with van der Waals surface area (Å²) in [6, 6.07) is 2.89. The van der Waals surface area contributed by atoms with Crippen molar-refractivity contribution < 1.29 is 17.6 Å². The molecule has 1 unspecified atom stereocenters. The second-order valence-corrected chi connectivity index (χ2v) is 6.64. The fourth-order valence-electron chi connectivity index (χ4n) is 1.63. The Morgan fingerprint density at radius 2 is 1.82 bits per heavy atom. The minimum atomic E-state index is -3.51. The molecule has 1 aromatic carbocycles. The highest BCUT2D eigenvalue weighted by Crippen LogP contribution is 2.19. The van der Waals surface area contributed by atoms with Gasteiger partial charge in [-0.2, -0.15) is 0 Å². The summed E-state index contributed by atoms with van der Waals surface area (Å²) in [5, 5.41) is -1.22. The number of Topliss-reactive ketones (excluding diaryl/α,β-unsaturated/α-hetero) is 1. The number of hydrogen-bond donors (Lipinski definition) is 0. The molecule has 1 aromatic rings. The summed E-state index contributed by atoms with van der Waals surface area (Å²) in [5.41, 5.74) is 1.03. The van der Waals surface area contributed by atoms with Crippen LogP contribution in [0.15, 0.2) is 12.1 Å². The number of benzene rings is 1. The number of carbonyl (C=O) groups excluding carboxylic acids is 1. The summed E-state index contributed by atoms with van der Waals surface area (Å²) in [7, 11) is -3.51. The molecule has 1 atom stereocenters. The summed E-state index contributed by atoms with van der Waals surface area (Å²) in [4.78, 5) is 11.9. The average Bonchev–Trinajstić information content (AvgIpc) is 2.13. The Kier molecular flexibility index (Phi) is 3.71. The van der Waals surface area contributed by atoms with Crippen molar-refractivity contribution in [3.8, 4) is 0 Å². The molecule has 5 heteroatoms. The minimum absolute atomic E-state index is 0.131. The fraction of sp³-hybridized carbons (Fsp3) is 0.417. The maximum atomic E-state index is 13.7. The first kappa shape index (κ1) is 13.8. The van der Waals surface area contributed by atoms with Crippen LogP contribution in [0.1, 0.15) is 28.4 Å². The Bertz CT molecular complexity index is 538. The van der Waals surface area contributed by atoms with Crippen LogP contribution in [0.25, 0.3) is 0 Å². The van der Waals surface area contributed by atoms with Gasteiger partial charge in [-0.05, 0) is 38.0 Å². The summed E-state index contributed by atoms with van der Waals surface area (Å²) < 4.78 is 36.3. The van der Waals surface area contributed by atoms with Crippen LogP contribution in [0, 0.1) is 19.7 Å². The zero-order chi connectivity index (χ0) is 13.4. The lowest BCUT2D eigenvalue weighted by molar-refractivity contribution is 0.0987. The van der Waals surface area contributed by atoms with Gasteiger partial charge in [-0.1, -0.05) is 6.07 Å². The third-order valence-electron chi connectivity index (χ3n) is 2.69. The van der Waals surface area contributed by atoms with E-state index < -0.39 is 26.7 Å². The molecule has 17 heavy (non-hydrogen) atoms. The largest absolute Gasteiger partial charge is 0.293 e. The first-order chi connectivity index (χ1) is 7.64. The Balaban J connectivity index is 3.32. The van der Waals surface area contributed by atoms with E-state index in [9.17, 15) is 17.6 Å². The van der Waals surface area contributed by atoms with Crippen molar-refractivity contribution in [3.63, 3.8) is 0 Å². The molecule has 94 valence electrons. The first-order valence-electron chi connectivity index (χ1n) is 5.14. The molecule has 0 bridgehead atoms. The topological polar surface area (TPSA) is 51.2 Å². The number of ketones is 1. The van der Waals surface area contributed by atoms with Crippen molar-refractivity contribution in [3.05, 3.63) is 34.6 Å². The molecule has 0 aliphatic rings. The van der Waals surface area contributed by atoms with Gasteiger partial charge in [0.2, 0.25) is 0 Å². The maximum Gasteiger partial charge on any atom is 0.183 e. The molecule has 1 rings (SSSR count). The fourth-order valence-corrected chi connectivity index (χ4v) is 2.13. The van der Waals surface area contributed by atoms with Crippen LogP contribution in [0.3, 0.4) is 0 Å².